The third-order valence-electron chi connectivity index (χ3n) is 4.33. The Morgan fingerprint density at radius 1 is 1.15 bits per heavy atom. The molecule has 0 saturated carbocycles. The molecular formula is C19H20FN3O3S. The number of carbonyl (C=O) groups excluding carboxylic acids is 1. The fourth-order valence-corrected chi connectivity index (χ4v) is 3.14. The van der Waals surface area contributed by atoms with E-state index in [1.165, 1.54) is 13.1 Å². The van der Waals surface area contributed by atoms with Crippen molar-refractivity contribution in [3.63, 3.8) is 0 Å². The van der Waals surface area contributed by atoms with Gasteiger partial charge in [0.1, 0.15) is 5.82 Å². The van der Waals surface area contributed by atoms with E-state index < -0.39 is 21.7 Å². The van der Waals surface area contributed by atoms with Gasteiger partial charge in [-0.15, -0.1) is 0 Å². The zero-order chi connectivity index (χ0) is 19.6. The van der Waals surface area contributed by atoms with E-state index in [1.54, 1.807) is 6.07 Å². The molecule has 27 heavy (non-hydrogen) atoms. The van der Waals surface area contributed by atoms with Gasteiger partial charge in [0.25, 0.3) is 5.91 Å². The van der Waals surface area contributed by atoms with Crippen LogP contribution in [0.25, 0.3) is 22.0 Å². The molecule has 3 rings (SSSR count). The summed E-state index contributed by atoms with van der Waals surface area (Å²) < 4.78 is 37.9. The van der Waals surface area contributed by atoms with Gasteiger partial charge in [0.2, 0.25) is 10.0 Å². The second kappa shape index (κ2) is 7.50. The molecule has 2 aromatic carbocycles. The van der Waals surface area contributed by atoms with Crippen LogP contribution in [0, 0.1) is 5.82 Å². The largest absolute Gasteiger partial charge is 0.361 e. The number of nitrogens with one attached hydrogen (secondary N) is 2. The fraction of sp³-hybridized carbons (Fsp3) is 0.211. The number of halogens is 1. The second-order valence-electron chi connectivity index (χ2n) is 6.35. The van der Waals surface area contributed by atoms with Crippen molar-refractivity contribution in [3.8, 4) is 11.1 Å². The Kier molecular flexibility index (Phi) is 5.29. The van der Waals surface area contributed by atoms with Crippen LogP contribution in [0.1, 0.15) is 10.4 Å². The first-order chi connectivity index (χ1) is 12.7. The highest BCUT2D eigenvalue weighted by atomic mass is 32.2. The summed E-state index contributed by atoms with van der Waals surface area (Å²) in [4.78, 5) is 15.4. The molecule has 8 heteroatoms. The quantitative estimate of drug-likeness (QED) is 0.680. The van der Waals surface area contributed by atoms with Gasteiger partial charge in [-0.3, -0.25) is 4.79 Å². The third kappa shape index (κ3) is 4.53. The van der Waals surface area contributed by atoms with Crippen molar-refractivity contribution < 1.29 is 17.6 Å². The number of amides is 1. The van der Waals surface area contributed by atoms with E-state index >= 15 is 0 Å². The Balaban J connectivity index is 1.77. The average Bonchev–Trinajstić information content (AvgIpc) is 3.07. The number of carbonyl (C=O) groups is 1. The van der Waals surface area contributed by atoms with Gasteiger partial charge in [0.05, 0.1) is 6.26 Å². The lowest BCUT2D eigenvalue weighted by molar-refractivity contribution is 0.0952. The molecule has 0 atom stereocenters. The van der Waals surface area contributed by atoms with Gasteiger partial charge in [-0.1, -0.05) is 6.07 Å². The Hall–Kier alpha value is -2.71. The van der Waals surface area contributed by atoms with E-state index in [9.17, 15) is 17.6 Å². The van der Waals surface area contributed by atoms with Crippen molar-refractivity contribution in [2.24, 2.45) is 0 Å². The maximum absolute atomic E-state index is 14.1. The minimum atomic E-state index is -3.31. The van der Waals surface area contributed by atoms with E-state index in [-0.39, 0.29) is 18.7 Å². The van der Waals surface area contributed by atoms with Crippen LogP contribution in [0.2, 0.25) is 0 Å². The molecule has 0 aliphatic rings. The van der Waals surface area contributed by atoms with E-state index in [4.69, 9.17) is 0 Å². The number of benzene rings is 2. The first-order valence-corrected chi connectivity index (χ1v) is 10.2. The molecular weight excluding hydrogens is 369 g/mol. The summed E-state index contributed by atoms with van der Waals surface area (Å²) in [6, 6.07) is 11.8. The molecule has 0 aliphatic heterocycles. The third-order valence-corrected chi connectivity index (χ3v) is 5.64. The van der Waals surface area contributed by atoms with E-state index in [1.807, 2.05) is 30.5 Å². The number of fused-ring (bicyclic) bond motifs is 1. The van der Waals surface area contributed by atoms with Gasteiger partial charge in [0, 0.05) is 37.4 Å². The number of rotatable bonds is 6. The summed E-state index contributed by atoms with van der Waals surface area (Å²) in [5, 5.41) is 3.61. The van der Waals surface area contributed by atoms with Crippen molar-refractivity contribution in [1.82, 2.24) is 14.6 Å². The van der Waals surface area contributed by atoms with Gasteiger partial charge < -0.3 is 10.3 Å². The molecule has 1 aromatic heterocycles. The first kappa shape index (κ1) is 19.1. The van der Waals surface area contributed by atoms with Crippen molar-refractivity contribution in [2.75, 3.05) is 26.4 Å². The molecule has 2 N–H and O–H groups in total. The van der Waals surface area contributed by atoms with Crippen molar-refractivity contribution in [3.05, 3.63) is 60.0 Å². The molecule has 0 fully saturated rings. The lowest BCUT2D eigenvalue weighted by Gasteiger charge is -2.14. The van der Waals surface area contributed by atoms with Crippen molar-refractivity contribution in [1.29, 1.82) is 0 Å². The standard InChI is InChI=1S/C19H20FN3O3S/c1-23(27(2,25)26)8-7-22-19(24)16-10-15(11-17(20)12-16)13-3-4-18-14(9-13)5-6-21-18/h3-6,9-12,21H,7-8H2,1-2H3,(H,22,24). The molecule has 3 aromatic rings. The molecule has 0 aliphatic carbocycles. The smallest absolute Gasteiger partial charge is 0.251 e. The number of hydrogen-bond donors (Lipinski definition) is 2. The number of H-pyrrole nitrogens is 1. The number of hydrogen-bond acceptors (Lipinski definition) is 3. The number of nitrogens with zero attached hydrogens (tertiary/aromatic N) is 1. The first-order valence-electron chi connectivity index (χ1n) is 8.32. The summed E-state index contributed by atoms with van der Waals surface area (Å²) in [7, 11) is -1.88. The van der Waals surface area contributed by atoms with E-state index in [0.717, 1.165) is 33.1 Å². The fourth-order valence-electron chi connectivity index (χ4n) is 2.72. The molecule has 1 amide bonds. The summed E-state index contributed by atoms with van der Waals surface area (Å²) in [6.45, 7) is 0.264. The molecule has 6 nitrogen and oxygen atoms in total. The van der Waals surface area contributed by atoms with Gasteiger partial charge in [-0.05, 0) is 52.9 Å². The van der Waals surface area contributed by atoms with Gasteiger partial charge in [0.15, 0.2) is 0 Å². The SMILES string of the molecule is CN(CCNC(=O)c1cc(F)cc(-c2ccc3[nH]ccc3c2)c1)S(C)(=O)=O. The zero-order valence-corrected chi connectivity index (χ0v) is 15.8. The molecule has 0 saturated heterocycles. The summed E-state index contributed by atoms with van der Waals surface area (Å²) in [5.41, 5.74) is 2.55. The van der Waals surface area contributed by atoms with Crippen molar-refractivity contribution in [2.45, 2.75) is 0 Å². The highest BCUT2D eigenvalue weighted by molar-refractivity contribution is 7.88. The monoisotopic (exact) mass is 389 g/mol. The van der Waals surface area contributed by atoms with Crippen LogP contribution in [0.3, 0.4) is 0 Å². The maximum atomic E-state index is 14.1. The Bertz CT molecular complexity index is 1090. The van der Waals surface area contributed by atoms with E-state index in [2.05, 4.69) is 10.3 Å². The summed E-state index contributed by atoms with van der Waals surface area (Å²) in [5.74, 6) is -0.972. The Labute approximate surface area is 157 Å². The minimum Gasteiger partial charge on any atom is -0.361 e. The highest BCUT2D eigenvalue weighted by Gasteiger charge is 2.13. The number of aromatic amines is 1. The van der Waals surface area contributed by atoms with Gasteiger partial charge in [-0.2, -0.15) is 0 Å². The van der Waals surface area contributed by atoms with Gasteiger partial charge >= 0.3 is 0 Å². The van der Waals surface area contributed by atoms with Crippen LogP contribution in [0.15, 0.2) is 48.7 Å². The molecule has 0 bridgehead atoms. The summed E-state index contributed by atoms with van der Waals surface area (Å²) in [6.07, 6.45) is 2.92. The molecule has 1 heterocycles. The predicted octanol–water partition coefficient (Wildman–Crippen LogP) is 2.60. The average molecular weight is 389 g/mol. The Morgan fingerprint density at radius 3 is 2.67 bits per heavy atom. The number of likely N-dealkylation sites (N-methyl/N-ethyl adjacent to an activating group) is 1. The summed E-state index contributed by atoms with van der Waals surface area (Å²) >= 11 is 0. The number of aromatic nitrogens is 1. The molecule has 0 spiro atoms. The molecule has 0 unspecified atom stereocenters. The topological polar surface area (TPSA) is 82.3 Å². The molecule has 142 valence electrons. The van der Waals surface area contributed by atoms with Gasteiger partial charge in [-0.25, -0.2) is 17.1 Å². The zero-order valence-electron chi connectivity index (χ0n) is 15.0. The van der Waals surface area contributed by atoms with Crippen LogP contribution >= 0.6 is 0 Å². The van der Waals surface area contributed by atoms with Crippen LogP contribution in [0.5, 0.6) is 0 Å². The lowest BCUT2D eigenvalue weighted by Crippen LogP contribution is -2.35. The number of sulfonamides is 1. The normalized spacial score (nSPS) is 11.9. The van der Waals surface area contributed by atoms with Crippen LogP contribution < -0.4 is 5.32 Å². The predicted molar refractivity (Wildman–Crippen MR) is 103 cm³/mol. The van der Waals surface area contributed by atoms with Crippen molar-refractivity contribution >= 4 is 26.8 Å². The van der Waals surface area contributed by atoms with Crippen LogP contribution in [-0.2, 0) is 10.0 Å². The molecule has 0 radical (unpaired) electrons. The lowest BCUT2D eigenvalue weighted by atomic mass is 10.0. The van der Waals surface area contributed by atoms with Crippen LogP contribution in [-0.4, -0.2) is 50.0 Å². The minimum absolute atomic E-state index is 0.129. The second-order valence-corrected chi connectivity index (χ2v) is 8.44. The van der Waals surface area contributed by atoms with Crippen LogP contribution in [0.4, 0.5) is 4.39 Å². The Morgan fingerprint density at radius 2 is 1.93 bits per heavy atom. The van der Waals surface area contributed by atoms with E-state index in [0.29, 0.717) is 5.56 Å². The highest BCUT2D eigenvalue weighted by Crippen LogP contribution is 2.25. The maximum Gasteiger partial charge on any atom is 0.251 e.